The molecule has 0 radical (unpaired) electrons. The predicted molar refractivity (Wildman–Crippen MR) is 72.2 cm³/mol. The summed E-state index contributed by atoms with van der Waals surface area (Å²) in [5.74, 6) is 1.24. The fraction of sp³-hybridized carbons (Fsp3) is 0.923. The molecule has 0 aromatic carbocycles. The number of esters is 1. The Labute approximate surface area is 111 Å². The highest BCUT2D eigenvalue weighted by atomic mass is 35.5. The van der Waals surface area contributed by atoms with Gasteiger partial charge in [-0.05, 0) is 51.4 Å². The summed E-state index contributed by atoms with van der Waals surface area (Å²) < 4.78 is 5.50. The van der Waals surface area contributed by atoms with Crippen molar-refractivity contribution >= 4 is 18.4 Å². The maximum absolute atomic E-state index is 11.5. The van der Waals surface area contributed by atoms with Crippen molar-refractivity contribution in [2.45, 2.75) is 65.0 Å². The molecule has 1 atom stereocenters. The van der Waals surface area contributed by atoms with Crippen LogP contribution < -0.4 is 5.73 Å². The van der Waals surface area contributed by atoms with Crippen LogP contribution in [-0.2, 0) is 9.53 Å². The van der Waals surface area contributed by atoms with Crippen LogP contribution in [0.3, 0.4) is 0 Å². The molecule has 17 heavy (non-hydrogen) atoms. The summed E-state index contributed by atoms with van der Waals surface area (Å²) in [6.45, 7) is 8.23. The predicted octanol–water partition coefficient (Wildman–Crippen LogP) is 2.90. The average Bonchev–Trinajstić information content (AvgIpc) is 2.17. The van der Waals surface area contributed by atoms with Gasteiger partial charge in [-0.1, -0.05) is 13.8 Å². The molecule has 2 N–H and O–H groups in total. The third-order valence-corrected chi connectivity index (χ3v) is 3.75. The molecule has 4 heteroatoms. The normalized spacial score (nSPS) is 30.6. The van der Waals surface area contributed by atoms with Crippen molar-refractivity contribution in [3.8, 4) is 0 Å². The second-order valence-corrected chi connectivity index (χ2v) is 5.74. The third-order valence-electron chi connectivity index (χ3n) is 3.75. The largest absolute Gasteiger partial charge is 0.458 e. The summed E-state index contributed by atoms with van der Waals surface area (Å²) in [5.41, 5.74) is 5.23. The number of nitrogens with two attached hydrogens (primary N) is 1. The molecule has 0 heterocycles. The molecule has 1 aliphatic carbocycles. The van der Waals surface area contributed by atoms with Gasteiger partial charge in [0.05, 0.1) is 0 Å². The third kappa shape index (κ3) is 4.84. The van der Waals surface area contributed by atoms with E-state index >= 15 is 0 Å². The molecule has 0 spiro atoms. The Hall–Kier alpha value is -0.280. The molecule has 1 saturated carbocycles. The highest BCUT2D eigenvalue weighted by Gasteiger charge is 2.35. The number of hydrogen-bond donors (Lipinski definition) is 1. The van der Waals surface area contributed by atoms with E-state index in [1.165, 1.54) is 0 Å². The summed E-state index contributed by atoms with van der Waals surface area (Å²) in [4.78, 5) is 11.5. The number of carbonyl (C=O) groups is 1. The smallest absolute Gasteiger partial charge is 0.323 e. The summed E-state index contributed by atoms with van der Waals surface area (Å²) in [6, 6.07) is -0.514. The first-order chi connectivity index (χ1) is 7.34. The van der Waals surface area contributed by atoms with Crippen LogP contribution in [0, 0.1) is 11.8 Å². The Morgan fingerprint density at radius 3 is 2.12 bits per heavy atom. The van der Waals surface area contributed by atoms with Gasteiger partial charge >= 0.3 is 5.97 Å². The molecular weight excluding hydrogens is 238 g/mol. The summed E-state index contributed by atoms with van der Waals surface area (Å²) >= 11 is 0. The lowest BCUT2D eigenvalue weighted by Crippen LogP contribution is -2.41. The average molecular weight is 264 g/mol. The van der Waals surface area contributed by atoms with E-state index in [-0.39, 0.29) is 24.0 Å². The molecule has 0 aromatic rings. The molecule has 0 saturated heterocycles. The van der Waals surface area contributed by atoms with E-state index in [9.17, 15) is 4.79 Å². The molecule has 0 amide bonds. The first kappa shape index (κ1) is 16.7. The van der Waals surface area contributed by atoms with Gasteiger partial charge in [0, 0.05) is 0 Å². The van der Waals surface area contributed by atoms with Crippen molar-refractivity contribution < 1.29 is 9.53 Å². The zero-order valence-electron chi connectivity index (χ0n) is 11.4. The van der Waals surface area contributed by atoms with Gasteiger partial charge in [0.15, 0.2) is 0 Å². The highest BCUT2D eigenvalue weighted by molar-refractivity contribution is 5.85. The van der Waals surface area contributed by atoms with Crippen LogP contribution in [0.5, 0.6) is 0 Å². The summed E-state index contributed by atoms with van der Waals surface area (Å²) in [5, 5.41) is 0. The van der Waals surface area contributed by atoms with Crippen molar-refractivity contribution in [1.82, 2.24) is 0 Å². The van der Waals surface area contributed by atoms with Crippen molar-refractivity contribution in [2.75, 3.05) is 0 Å². The second kappa shape index (κ2) is 6.60. The maximum Gasteiger partial charge on any atom is 0.323 e. The van der Waals surface area contributed by atoms with Crippen LogP contribution in [0.4, 0.5) is 0 Å². The van der Waals surface area contributed by atoms with Crippen molar-refractivity contribution in [3.05, 3.63) is 0 Å². The molecule has 1 fully saturated rings. The lowest BCUT2D eigenvalue weighted by Gasteiger charge is -2.38. The van der Waals surface area contributed by atoms with Crippen LogP contribution in [0.1, 0.15) is 53.4 Å². The van der Waals surface area contributed by atoms with Crippen molar-refractivity contribution in [2.24, 2.45) is 17.6 Å². The Balaban J connectivity index is 0.00000256. The van der Waals surface area contributed by atoms with Crippen LogP contribution in [0.15, 0.2) is 0 Å². The van der Waals surface area contributed by atoms with Gasteiger partial charge in [0.1, 0.15) is 11.6 Å². The molecule has 1 rings (SSSR count). The minimum Gasteiger partial charge on any atom is -0.458 e. The summed E-state index contributed by atoms with van der Waals surface area (Å²) in [6.07, 6.45) is 4.24. The van der Waals surface area contributed by atoms with Gasteiger partial charge in [-0.2, -0.15) is 0 Å². The van der Waals surface area contributed by atoms with E-state index in [1.54, 1.807) is 6.92 Å². The van der Waals surface area contributed by atoms with Crippen LogP contribution in [0.25, 0.3) is 0 Å². The van der Waals surface area contributed by atoms with Gasteiger partial charge in [0.2, 0.25) is 0 Å². The summed E-state index contributed by atoms with van der Waals surface area (Å²) in [7, 11) is 0. The van der Waals surface area contributed by atoms with E-state index in [4.69, 9.17) is 10.5 Å². The zero-order chi connectivity index (χ0) is 12.3. The van der Waals surface area contributed by atoms with Gasteiger partial charge in [0.25, 0.3) is 0 Å². The van der Waals surface area contributed by atoms with Crippen LogP contribution in [-0.4, -0.2) is 17.6 Å². The van der Waals surface area contributed by atoms with E-state index in [0.29, 0.717) is 0 Å². The quantitative estimate of drug-likeness (QED) is 0.797. The minimum absolute atomic E-state index is 0. The van der Waals surface area contributed by atoms with E-state index in [0.717, 1.165) is 37.5 Å². The highest BCUT2D eigenvalue weighted by Crippen LogP contribution is 2.37. The minimum atomic E-state index is -0.514. The lowest BCUT2D eigenvalue weighted by molar-refractivity contribution is -0.163. The topological polar surface area (TPSA) is 52.3 Å². The molecular formula is C13H26ClNO2. The SMILES string of the molecule is CC(C)C1CCC(C)(OC(=O)[C@@H](C)N)CC1.Cl. The second-order valence-electron chi connectivity index (χ2n) is 5.74. The number of carbonyl (C=O) groups excluding carboxylic acids is 1. The van der Waals surface area contributed by atoms with E-state index in [2.05, 4.69) is 13.8 Å². The van der Waals surface area contributed by atoms with Crippen LogP contribution in [0.2, 0.25) is 0 Å². The number of halogens is 1. The van der Waals surface area contributed by atoms with Gasteiger partial charge in [-0.3, -0.25) is 4.79 Å². The maximum atomic E-state index is 11.5. The fourth-order valence-electron chi connectivity index (χ4n) is 2.36. The van der Waals surface area contributed by atoms with Crippen molar-refractivity contribution in [3.63, 3.8) is 0 Å². The fourth-order valence-corrected chi connectivity index (χ4v) is 2.36. The number of hydrogen-bond acceptors (Lipinski definition) is 3. The molecule has 0 aromatic heterocycles. The molecule has 1 aliphatic rings. The van der Waals surface area contributed by atoms with Crippen molar-refractivity contribution in [1.29, 1.82) is 0 Å². The molecule has 0 bridgehead atoms. The van der Waals surface area contributed by atoms with E-state index < -0.39 is 6.04 Å². The molecule has 102 valence electrons. The van der Waals surface area contributed by atoms with Gasteiger partial charge in [-0.15, -0.1) is 12.4 Å². The molecule has 0 unspecified atom stereocenters. The van der Waals surface area contributed by atoms with Gasteiger partial charge in [-0.25, -0.2) is 0 Å². The first-order valence-electron chi connectivity index (χ1n) is 6.32. The first-order valence-corrected chi connectivity index (χ1v) is 6.32. The van der Waals surface area contributed by atoms with Crippen LogP contribution >= 0.6 is 12.4 Å². The molecule has 3 nitrogen and oxygen atoms in total. The monoisotopic (exact) mass is 263 g/mol. The number of rotatable bonds is 3. The van der Waals surface area contributed by atoms with E-state index in [1.807, 2.05) is 6.92 Å². The lowest BCUT2D eigenvalue weighted by atomic mass is 9.75. The Morgan fingerprint density at radius 2 is 1.76 bits per heavy atom. The Bertz CT molecular complexity index is 246. The number of ether oxygens (including phenoxy) is 1. The Morgan fingerprint density at radius 1 is 1.29 bits per heavy atom. The zero-order valence-corrected chi connectivity index (χ0v) is 12.2. The molecule has 0 aliphatic heterocycles. The Kier molecular flexibility index (Phi) is 6.49. The standard InChI is InChI=1S/C13H25NO2.ClH/c1-9(2)11-5-7-13(4,8-6-11)16-12(15)10(3)14;/h9-11H,5-8,14H2,1-4H3;1H/t10-,11?,13?;/m1./s1. The van der Waals surface area contributed by atoms with Gasteiger partial charge < -0.3 is 10.5 Å².